The molecule has 1 heterocycles. The van der Waals surface area contributed by atoms with Crippen molar-refractivity contribution in [3.63, 3.8) is 0 Å². The monoisotopic (exact) mass is 292 g/mol. The highest BCUT2D eigenvalue weighted by Gasteiger charge is 2.34. The zero-order valence-electron chi connectivity index (χ0n) is 11.1. The number of benzene rings is 1. The maximum Gasteiger partial charge on any atom is 0.417 e. The minimum absolute atomic E-state index is 0.0193. The molecule has 0 aliphatic heterocycles. The number of nitriles is 1. The highest BCUT2D eigenvalue weighted by Crippen LogP contribution is 2.39. The van der Waals surface area contributed by atoms with E-state index in [1.54, 1.807) is 0 Å². The Morgan fingerprint density at radius 1 is 1.24 bits per heavy atom. The molecule has 0 saturated carbocycles. The van der Waals surface area contributed by atoms with Crippen LogP contribution in [0.25, 0.3) is 11.1 Å². The minimum Gasteiger partial charge on any atom is -0.481 e. The smallest absolute Gasteiger partial charge is 0.417 e. The van der Waals surface area contributed by atoms with Gasteiger partial charge in [-0.05, 0) is 23.3 Å². The molecular weight excluding hydrogens is 281 g/mol. The van der Waals surface area contributed by atoms with Gasteiger partial charge in [-0.3, -0.25) is 0 Å². The molecule has 1 aromatic carbocycles. The molecule has 0 aliphatic carbocycles. The summed E-state index contributed by atoms with van der Waals surface area (Å²) >= 11 is 0. The summed E-state index contributed by atoms with van der Waals surface area (Å²) in [7, 11) is 1.34. The molecule has 2 rings (SSSR count). The summed E-state index contributed by atoms with van der Waals surface area (Å²) in [5.41, 5.74) is -0.0307. The molecule has 1 aromatic heterocycles. The molecule has 0 saturated heterocycles. The van der Waals surface area contributed by atoms with Crippen LogP contribution in [0.3, 0.4) is 0 Å². The Bertz CT molecular complexity index is 690. The van der Waals surface area contributed by atoms with Gasteiger partial charge in [-0.1, -0.05) is 18.2 Å². The second kappa shape index (κ2) is 5.83. The predicted octanol–water partition coefficient (Wildman–Crippen LogP) is 3.84. The first-order valence-electron chi connectivity index (χ1n) is 6.04. The third-order valence-electron chi connectivity index (χ3n) is 2.91. The zero-order chi connectivity index (χ0) is 15.5. The summed E-state index contributed by atoms with van der Waals surface area (Å²) in [6.07, 6.45) is -2.99. The molecule has 0 unspecified atom stereocenters. The van der Waals surface area contributed by atoms with Gasteiger partial charge in [0.25, 0.3) is 0 Å². The average molecular weight is 292 g/mol. The highest BCUT2D eigenvalue weighted by atomic mass is 19.4. The van der Waals surface area contributed by atoms with Crippen LogP contribution in [0.2, 0.25) is 0 Å². The van der Waals surface area contributed by atoms with Gasteiger partial charge in [-0.25, -0.2) is 4.98 Å². The number of hydrogen-bond acceptors (Lipinski definition) is 3. The number of rotatable bonds is 3. The van der Waals surface area contributed by atoms with Gasteiger partial charge in [0.2, 0.25) is 5.88 Å². The lowest BCUT2D eigenvalue weighted by molar-refractivity contribution is -0.137. The third kappa shape index (κ3) is 3.14. The first kappa shape index (κ1) is 14.9. The molecule has 3 nitrogen and oxygen atoms in total. The summed E-state index contributed by atoms with van der Waals surface area (Å²) in [6.45, 7) is 0. The summed E-state index contributed by atoms with van der Waals surface area (Å²) in [5, 5.41) is 8.70. The fourth-order valence-electron chi connectivity index (χ4n) is 2.00. The summed E-state index contributed by atoms with van der Waals surface area (Å²) in [4.78, 5) is 3.97. The van der Waals surface area contributed by atoms with Gasteiger partial charge in [0.1, 0.15) is 0 Å². The number of methoxy groups -OCH3 is 1. The van der Waals surface area contributed by atoms with Gasteiger partial charge in [0.05, 0.1) is 25.2 Å². The normalized spacial score (nSPS) is 11.0. The predicted molar refractivity (Wildman–Crippen MR) is 70.5 cm³/mol. The van der Waals surface area contributed by atoms with Gasteiger partial charge in [-0.2, -0.15) is 18.4 Å². The van der Waals surface area contributed by atoms with Crippen LogP contribution < -0.4 is 4.74 Å². The summed E-state index contributed by atoms with van der Waals surface area (Å²) < 4.78 is 44.4. The Kier molecular flexibility index (Phi) is 4.13. The Labute approximate surface area is 119 Å². The van der Waals surface area contributed by atoms with E-state index < -0.39 is 11.7 Å². The first-order valence-corrected chi connectivity index (χ1v) is 6.04. The van der Waals surface area contributed by atoms with Crippen LogP contribution >= 0.6 is 0 Å². The Morgan fingerprint density at radius 3 is 2.57 bits per heavy atom. The van der Waals surface area contributed by atoms with Crippen LogP contribution in [0.4, 0.5) is 13.2 Å². The van der Waals surface area contributed by atoms with Crippen LogP contribution in [0.15, 0.2) is 36.5 Å². The third-order valence-corrected chi connectivity index (χ3v) is 2.91. The van der Waals surface area contributed by atoms with E-state index in [1.165, 1.54) is 37.6 Å². The minimum atomic E-state index is -4.48. The van der Waals surface area contributed by atoms with E-state index >= 15 is 0 Å². The largest absolute Gasteiger partial charge is 0.481 e. The van der Waals surface area contributed by atoms with E-state index in [2.05, 4.69) is 4.98 Å². The molecule has 0 amide bonds. The zero-order valence-corrected chi connectivity index (χ0v) is 11.1. The van der Waals surface area contributed by atoms with E-state index in [4.69, 9.17) is 10.00 Å². The van der Waals surface area contributed by atoms with Gasteiger partial charge in [-0.15, -0.1) is 0 Å². The number of ether oxygens (including phenoxy) is 1. The van der Waals surface area contributed by atoms with Gasteiger partial charge in [0, 0.05) is 11.8 Å². The maximum absolute atomic E-state index is 13.1. The van der Waals surface area contributed by atoms with Crippen LogP contribution in [0.5, 0.6) is 5.88 Å². The lowest BCUT2D eigenvalue weighted by Gasteiger charge is -2.15. The van der Waals surface area contributed by atoms with Crippen LogP contribution in [-0.4, -0.2) is 12.1 Å². The molecular formula is C15H11F3N2O. The molecule has 0 radical (unpaired) electrons. The Morgan fingerprint density at radius 2 is 1.95 bits per heavy atom. The van der Waals surface area contributed by atoms with Crippen molar-refractivity contribution in [3.8, 4) is 23.1 Å². The fraction of sp³-hybridized carbons (Fsp3) is 0.200. The Hall–Kier alpha value is -2.55. The molecule has 0 aliphatic rings. The molecule has 0 atom stereocenters. The van der Waals surface area contributed by atoms with Gasteiger partial charge < -0.3 is 4.74 Å². The number of alkyl halides is 3. The number of nitrogens with zero attached hydrogens (tertiary/aromatic N) is 2. The Balaban J connectivity index is 2.66. The average Bonchev–Trinajstić information content (AvgIpc) is 2.46. The van der Waals surface area contributed by atoms with E-state index in [1.807, 2.05) is 6.07 Å². The quantitative estimate of drug-likeness (QED) is 0.863. The van der Waals surface area contributed by atoms with Crippen LogP contribution in [0.1, 0.15) is 11.1 Å². The van der Waals surface area contributed by atoms with Gasteiger partial charge in [0.15, 0.2) is 0 Å². The van der Waals surface area contributed by atoms with Crippen LogP contribution in [0, 0.1) is 11.3 Å². The van der Waals surface area contributed by atoms with Crippen molar-refractivity contribution >= 4 is 0 Å². The number of aromatic nitrogens is 1. The lowest BCUT2D eigenvalue weighted by atomic mass is 9.98. The molecule has 0 N–H and O–H groups in total. The molecule has 21 heavy (non-hydrogen) atoms. The summed E-state index contributed by atoms with van der Waals surface area (Å²) in [5.74, 6) is 0.0911. The van der Waals surface area contributed by atoms with Crippen molar-refractivity contribution in [1.82, 2.24) is 4.98 Å². The SMILES string of the molecule is COc1ncc(CC#N)cc1-c1ccccc1C(F)(F)F. The first-order chi connectivity index (χ1) is 9.97. The van der Waals surface area contributed by atoms with Gasteiger partial charge >= 0.3 is 6.18 Å². The second-order valence-electron chi connectivity index (χ2n) is 4.28. The summed E-state index contributed by atoms with van der Waals surface area (Å²) in [6, 6.07) is 8.65. The molecule has 6 heteroatoms. The lowest BCUT2D eigenvalue weighted by Crippen LogP contribution is -2.07. The second-order valence-corrected chi connectivity index (χ2v) is 4.28. The van der Waals surface area contributed by atoms with Crippen molar-refractivity contribution < 1.29 is 17.9 Å². The molecule has 108 valence electrons. The highest BCUT2D eigenvalue weighted by molar-refractivity contribution is 5.73. The van der Waals surface area contributed by atoms with Crippen molar-refractivity contribution in [2.75, 3.05) is 7.11 Å². The molecule has 0 fully saturated rings. The van der Waals surface area contributed by atoms with Crippen LogP contribution in [-0.2, 0) is 12.6 Å². The number of hydrogen-bond donors (Lipinski definition) is 0. The number of halogens is 3. The fourth-order valence-corrected chi connectivity index (χ4v) is 2.00. The topological polar surface area (TPSA) is 45.9 Å². The van der Waals surface area contributed by atoms with Crippen molar-refractivity contribution in [1.29, 1.82) is 5.26 Å². The van der Waals surface area contributed by atoms with Crippen molar-refractivity contribution in [3.05, 3.63) is 47.7 Å². The maximum atomic E-state index is 13.1. The number of pyridine rings is 1. The molecule has 0 bridgehead atoms. The van der Waals surface area contributed by atoms with E-state index in [0.717, 1.165) is 6.07 Å². The van der Waals surface area contributed by atoms with Crippen molar-refractivity contribution in [2.45, 2.75) is 12.6 Å². The molecule has 0 spiro atoms. The molecule has 2 aromatic rings. The standard InChI is InChI=1S/C15H11F3N2O/c1-21-14-12(8-10(6-7-19)9-20-14)11-4-2-3-5-13(11)15(16,17)18/h2-5,8-9H,6H2,1H3. The van der Waals surface area contributed by atoms with E-state index in [9.17, 15) is 13.2 Å². The van der Waals surface area contributed by atoms with E-state index in [-0.39, 0.29) is 23.4 Å². The van der Waals surface area contributed by atoms with Crippen molar-refractivity contribution in [2.24, 2.45) is 0 Å². The van der Waals surface area contributed by atoms with E-state index in [0.29, 0.717) is 5.56 Å².